The predicted octanol–water partition coefficient (Wildman–Crippen LogP) is 5.12. The van der Waals surface area contributed by atoms with Crippen LogP contribution in [-0.2, 0) is 23.8 Å². The number of nitrogens with one attached hydrogen (secondary N) is 1. The molecule has 6 N–H and O–H groups in total. The number of hydrogen-bond donors (Lipinski definition) is 6. The molecule has 2 aromatic carbocycles. The van der Waals surface area contributed by atoms with Crippen LogP contribution in [0, 0.1) is 30.6 Å². The van der Waals surface area contributed by atoms with Crippen molar-refractivity contribution in [1.29, 1.82) is 0 Å². The minimum absolute atomic E-state index is 0.0579. The number of amides is 1. The maximum atomic E-state index is 14.5. The van der Waals surface area contributed by atoms with E-state index in [1.54, 1.807) is 37.9 Å². The second-order valence-corrected chi connectivity index (χ2v) is 16.7. The number of ether oxygens (including phenoxy) is 4. The molecule has 1 saturated heterocycles. The molecule has 2 aromatic rings. The van der Waals surface area contributed by atoms with Gasteiger partial charge in [-0.3, -0.25) is 19.4 Å². The molecule has 334 valence electrons. The molecule has 4 heterocycles. The zero-order valence-corrected chi connectivity index (χ0v) is 36.8. The molecule has 5 bridgehead atoms. The van der Waals surface area contributed by atoms with Crippen LogP contribution in [0.2, 0.25) is 0 Å². The molecule has 9 atom stereocenters. The number of esters is 1. The second-order valence-electron chi connectivity index (χ2n) is 16.7. The van der Waals surface area contributed by atoms with E-state index in [1.165, 1.54) is 59.4 Å². The van der Waals surface area contributed by atoms with Crippen molar-refractivity contribution in [3.63, 3.8) is 0 Å². The fourth-order valence-electron chi connectivity index (χ4n) is 8.42. The summed E-state index contributed by atoms with van der Waals surface area (Å²) >= 11 is 0. The fourth-order valence-corrected chi connectivity index (χ4v) is 8.42. The van der Waals surface area contributed by atoms with E-state index in [1.807, 2.05) is 14.0 Å². The Balaban J connectivity index is 1.71. The molecule has 1 amide bonds. The van der Waals surface area contributed by atoms with Gasteiger partial charge in [0.1, 0.15) is 23.4 Å². The Morgan fingerprint density at radius 3 is 2.30 bits per heavy atom. The van der Waals surface area contributed by atoms with Crippen LogP contribution < -0.4 is 10.1 Å². The average Bonchev–Trinajstić information content (AvgIpc) is 3.49. The lowest BCUT2D eigenvalue weighted by Crippen LogP contribution is -2.47. The summed E-state index contributed by atoms with van der Waals surface area (Å²) in [6.45, 7) is 15.5. The zero-order valence-electron chi connectivity index (χ0n) is 36.8. The molecule has 0 saturated carbocycles. The molecular weight excluding hydrogens is 789 g/mol. The van der Waals surface area contributed by atoms with Crippen LogP contribution in [0.25, 0.3) is 10.8 Å². The first kappa shape index (κ1) is 46.9. The van der Waals surface area contributed by atoms with Crippen molar-refractivity contribution in [2.24, 2.45) is 28.8 Å². The number of likely N-dealkylation sites (N-methyl/N-ethyl adjacent to an activating group) is 1. The van der Waals surface area contributed by atoms with E-state index in [-0.39, 0.29) is 44.5 Å². The Kier molecular flexibility index (Phi) is 14.8. The Bertz CT molecular complexity index is 2110. The predicted molar refractivity (Wildman–Crippen MR) is 230 cm³/mol. The topological polar surface area (TPSA) is 220 Å². The van der Waals surface area contributed by atoms with Crippen molar-refractivity contribution >= 4 is 40.3 Å². The number of aliphatic hydroxyl groups excluding tert-OH is 2. The van der Waals surface area contributed by atoms with Crippen molar-refractivity contribution < 1.29 is 58.9 Å². The molecule has 16 heteroatoms. The van der Waals surface area contributed by atoms with Gasteiger partial charge in [0.2, 0.25) is 0 Å². The van der Waals surface area contributed by atoms with Gasteiger partial charge in [-0.15, -0.1) is 0 Å². The highest BCUT2D eigenvalue weighted by Gasteiger charge is 2.50. The maximum absolute atomic E-state index is 14.5. The van der Waals surface area contributed by atoms with Crippen LogP contribution in [0.5, 0.6) is 23.0 Å². The summed E-state index contributed by atoms with van der Waals surface area (Å²) in [5, 5.41) is 67.6. The number of piperazine rings is 1. The van der Waals surface area contributed by atoms with E-state index in [2.05, 4.69) is 15.3 Å². The number of allylic oxidation sites excluding steroid dienone is 2. The van der Waals surface area contributed by atoms with E-state index in [0.717, 1.165) is 13.1 Å². The summed E-state index contributed by atoms with van der Waals surface area (Å²) in [7, 11) is 3.43. The van der Waals surface area contributed by atoms with Crippen molar-refractivity contribution in [3.8, 4) is 23.0 Å². The van der Waals surface area contributed by atoms with Gasteiger partial charge in [-0.2, -0.15) is 5.10 Å². The number of methoxy groups -OCH3 is 1. The fraction of sp³-hybridized carbons (Fsp3) is 0.556. The van der Waals surface area contributed by atoms with Gasteiger partial charge in [-0.25, -0.2) is 0 Å². The first-order chi connectivity index (χ1) is 28.8. The lowest BCUT2D eigenvalue weighted by atomic mass is 9.76. The first-order valence-electron chi connectivity index (χ1n) is 20.8. The molecule has 0 aliphatic carbocycles. The summed E-state index contributed by atoms with van der Waals surface area (Å²) in [5.74, 6) is -8.24. The largest absolute Gasteiger partial charge is 0.507 e. The number of rotatable bonds is 6. The lowest BCUT2D eigenvalue weighted by Gasteiger charge is -2.39. The van der Waals surface area contributed by atoms with Gasteiger partial charge in [0, 0.05) is 87.3 Å². The lowest BCUT2D eigenvalue weighted by molar-refractivity contribution is -0.161. The zero-order chi connectivity index (χ0) is 45.1. The molecule has 16 nitrogen and oxygen atoms in total. The number of aromatic hydroxyl groups is 3. The highest BCUT2D eigenvalue weighted by Crippen LogP contribution is 2.55. The highest BCUT2D eigenvalue weighted by molar-refractivity contribution is 6.23. The van der Waals surface area contributed by atoms with Gasteiger partial charge in [-0.1, -0.05) is 52.3 Å². The Hall–Kier alpha value is -5.16. The quantitative estimate of drug-likeness (QED) is 0.0963. The number of fused-ring (bicyclic) bond motifs is 14. The molecule has 0 aromatic heterocycles. The maximum Gasteiger partial charge on any atom is 0.312 e. The number of Topliss-reactive ketones (excluding diaryl/α,β-unsaturated/α-hetero) is 1. The van der Waals surface area contributed by atoms with E-state index >= 15 is 0 Å². The number of anilines is 1. The van der Waals surface area contributed by atoms with Crippen LogP contribution in [0.15, 0.2) is 41.2 Å². The second kappa shape index (κ2) is 19.3. The first-order valence-corrected chi connectivity index (χ1v) is 20.8. The third-order valence-corrected chi connectivity index (χ3v) is 12.3. The summed E-state index contributed by atoms with van der Waals surface area (Å²) in [6.07, 6.45) is 6.11. The molecule has 0 unspecified atom stereocenters. The molecule has 0 radical (unpaired) electrons. The van der Waals surface area contributed by atoms with Crippen LogP contribution in [-0.4, -0.2) is 130 Å². The van der Waals surface area contributed by atoms with E-state index in [0.29, 0.717) is 25.9 Å². The van der Waals surface area contributed by atoms with Crippen molar-refractivity contribution in [2.75, 3.05) is 45.7 Å². The number of phenols is 3. The SMILES string of the molecule is CCC[C@@H]1[C@@H](O)[C@@H](C)/C=C/C=C(/C)C(=O)Nc2c(/C=N/N3CCN(C)CC3)c(O)c3c4c(c(C)c(O)c3c2O)O[C@](C)(O/C=C/[C@H](OC)[C@@H](C)[C@@H](OC(C)=O)[C@H](C)[C@@H]1O)C4=O. The van der Waals surface area contributed by atoms with Gasteiger partial charge < -0.3 is 54.7 Å². The molecule has 0 spiro atoms. The average molecular weight is 851 g/mol. The monoisotopic (exact) mass is 850 g/mol. The van der Waals surface area contributed by atoms with Crippen LogP contribution in [0.1, 0.15) is 82.8 Å². The smallest absolute Gasteiger partial charge is 0.312 e. The summed E-state index contributed by atoms with van der Waals surface area (Å²) < 4.78 is 23.8. The van der Waals surface area contributed by atoms with E-state index < -0.39 is 88.8 Å². The molecular formula is C45H62N4O12. The summed E-state index contributed by atoms with van der Waals surface area (Å²) in [4.78, 5) is 42.9. The number of benzene rings is 2. The summed E-state index contributed by atoms with van der Waals surface area (Å²) in [6, 6.07) is 0. The Morgan fingerprint density at radius 1 is 1.00 bits per heavy atom. The number of hydrazone groups is 1. The number of phenolic OH excluding ortho intramolecular Hbond substituents is 3. The molecule has 6 rings (SSSR count). The third kappa shape index (κ3) is 9.52. The molecule has 61 heavy (non-hydrogen) atoms. The van der Waals surface area contributed by atoms with Crippen LogP contribution in [0.3, 0.4) is 0 Å². The van der Waals surface area contributed by atoms with Gasteiger partial charge in [0.15, 0.2) is 5.75 Å². The summed E-state index contributed by atoms with van der Waals surface area (Å²) in [5.41, 5.74) is -0.333. The number of ketones is 1. The number of nitrogens with zero attached hydrogens (tertiary/aromatic N) is 3. The van der Waals surface area contributed by atoms with Crippen molar-refractivity contribution in [2.45, 2.75) is 98.4 Å². The minimum Gasteiger partial charge on any atom is -0.507 e. The molecule has 4 aliphatic rings. The standard InChI is InChI=1S/C45H62N4O12/c1-11-13-29-36(51)23(2)14-12-15-24(3)44(57)47-35-30(22-46-49-19-17-48(9)18-20-49)39(54)32-33(40(35)55)38(53)27(6)42-34(32)43(56)45(8,61-42)59-21-16-31(58-10)25(4)41(60-28(7)50)26(5)37(29)52/h12,14-16,21-23,25-26,29,31,36-37,41,51-55H,11,13,17-20H2,1-10H3,(H,47,57)/b14-12+,21-16+,24-15-,46-22+/t23-,25+,26+,29+,31-,36-,37-,41+,45-/m0/s1. The van der Waals surface area contributed by atoms with Gasteiger partial charge >= 0.3 is 11.8 Å². The minimum atomic E-state index is -2.04. The Labute approximate surface area is 357 Å². The third-order valence-electron chi connectivity index (χ3n) is 12.3. The van der Waals surface area contributed by atoms with Gasteiger partial charge in [0.25, 0.3) is 11.7 Å². The van der Waals surface area contributed by atoms with Crippen molar-refractivity contribution in [3.05, 3.63) is 52.8 Å². The molecule has 4 aliphatic heterocycles. The number of aliphatic hydroxyl groups is 2. The highest BCUT2D eigenvalue weighted by atomic mass is 16.7. The van der Waals surface area contributed by atoms with Gasteiger partial charge in [-0.05, 0) is 33.4 Å². The number of carbonyl (C=O) groups excluding carboxylic acids is 3. The van der Waals surface area contributed by atoms with Crippen LogP contribution in [0.4, 0.5) is 5.69 Å². The molecule has 1 fully saturated rings. The number of carbonyl (C=O) groups is 3. The van der Waals surface area contributed by atoms with Gasteiger partial charge in [0.05, 0.1) is 53.0 Å². The van der Waals surface area contributed by atoms with E-state index in [4.69, 9.17) is 18.9 Å². The number of hydrogen-bond acceptors (Lipinski definition) is 15. The normalized spacial score (nSPS) is 31.4. The Morgan fingerprint density at radius 2 is 1.67 bits per heavy atom. The van der Waals surface area contributed by atoms with E-state index in [9.17, 15) is 39.9 Å². The van der Waals surface area contributed by atoms with Crippen molar-refractivity contribution in [1.82, 2.24) is 9.91 Å². The van der Waals surface area contributed by atoms with Crippen LogP contribution >= 0.6 is 0 Å².